The molecule has 0 saturated carbocycles. The van der Waals surface area contributed by atoms with Crippen LogP contribution in [0, 0.1) is 5.41 Å². The maximum Gasteiger partial charge on any atom is 0.416 e. The normalized spacial score (nSPS) is 17.7. The van der Waals surface area contributed by atoms with Crippen LogP contribution in [0.2, 0.25) is 0 Å². The number of cyclic esters (lactones) is 1. The van der Waals surface area contributed by atoms with Gasteiger partial charge in [-0.2, -0.15) is 0 Å². The zero-order chi connectivity index (χ0) is 20.6. The van der Waals surface area contributed by atoms with Crippen molar-refractivity contribution in [3.63, 3.8) is 0 Å². The van der Waals surface area contributed by atoms with Crippen LogP contribution in [0.25, 0.3) is 0 Å². The summed E-state index contributed by atoms with van der Waals surface area (Å²) in [5, 5.41) is 0. The van der Waals surface area contributed by atoms with Gasteiger partial charge in [0.15, 0.2) is 0 Å². The lowest BCUT2D eigenvalue weighted by Crippen LogP contribution is -2.40. The van der Waals surface area contributed by atoms with Crippen LogP contribution in [0.15, 0.2) is 42.0 Å². The Kier molecular flexibility index (Phi) is 8.24. The molecule has 1 aliphatic heterocycles. The Morgan fingerprint density at radius 3 is 2.71 bits per heavy atom. The van der Waals surface area contributed by atoms with Gasteiger partial charge in [0.2, 0.25) is 5.91 Å². The zero-order valence-electron chi connectivity index (χ0n) is 17.6. The maximum atomic E-state index is 12.8. The lowest BCUT2D eigenvalue weighted by atomic mass is 9.91. The Labute approximate surface area is 168 Å². The number of carbonyl (C=O) groups is 2. The predicted molar refractivity (Wildman–Crippen MR) is 110 cm³/mol. The van der Waals surface area contributed by atoms with E-state index in [1.54, 1.807) is 0 Å². The van der Waals surface area contributed by atoms with Crippen molar-refractivity contribution >= 4 is 12.0 Å². The van der Waals surface area contributed by atoms with Gasteiger partial charge < -0.3 is 9.47 Å². The second kappa shape index (κ2) is 10.4. The largest absolute Gasteiger partial charge is 0.447 e. The molecule has 0 N–H and O–H groups in total. The quantitative estimate of drug-likeness (QED) is 0.429. The number of amides is 2. The highest BCUT2D eigenvalue weighted by atomic mass is 16.6. The van der Waals surface area contributed by atoms with E-state index in [2.05, 4.69) is 26.8 Å². The molecule has 0 radical (unpaired) electrons. The molecule has 28 heavy (non-hydrogen) atoms. The van der Waals surface area contributed by atoms with Gasteiger partial charge in [-0.25, -0.2) is 9.69 Å². The lowest BCUT2D eigenvalue weighted by molar-refractivity contribution is -0.128. The van der Waals surface area contributed by atoms with Gasteiger partial charge in [-0.15, -0.1) is 0 Å². The van der Waals surface area contributed by atoms with Crippen molar-refractivity contribution in [3.05, 3.63) is 47.5 Å². The first-order valence-corrected chi connectivity index (χ1v) is 10.1. The fourth-order valence-corrected chi connectivity index (χ4v) is 3.47. The number of unbranched alkanes of at least 4 members (excludes halogenated alkanes) is 1. The summed E-state index contributed by atoms with van der Waals surface area (Å²) < 4.78 is 10.9. The number of hydrogen-bond acceptors (Lipinski definition) is 4. The summed E-state index contributed by atoms with van der Waals surface area (Å²) in [6.07, 6.45) is 4.51. The van der Waals surface area contributed by atoms with E-state index in [1.807, 2.05) is 37.3 Å². The Morgan fingerprint density at radius 1 is 1.32 bits per heavy atom. The molecule has 0 aromatic heterocycles. The van der Waals surface area contributed by atoms with E-state index in [4.69, 9.17) is 9.47 Å². The van der Waals surface area contributed by atoms with Crippen LogP contribution in [-0.2, 0) is 20.7 Å². The molecule has 1 aromatic rings. The number of imide groups is 1. The molecule has 0 bridgehead atoms. The molecule has 1 aromatic carbocycles. The highest BCUT2D eigenvalue weighted by Crippen LogP contribution is 2.24. The fourth-order valence-electron chi connectivity index (χ4n) is 3.47. The van der Waals surface area contributed by atoms with Crippen molar-refractivity contribution < 1.29 is 19.1 Å². The number of nitrogens with zero attached hydrogens (tertiary/aromatic N) is 1. The van der Waals surface area contributed by atoms with Gasteiger partial charge in [0.1, 0.15) is 6.61 Å². The standard InChI is InChI=1S/C23H33NO4/c1-5-6-12-27-17-23(3,4)15-18(2)13-21(25)24-20(16-28-22(24)26)14-19-10-8-7-9-11-19/h7-11,15,20H,5-6,12-14,16-17H2,1-4H3/b18-15+/t20-/m1/s1. The molecule has 1 heterocycles. The zero-order valence-corrected chi connectivity index (χ0v) is 17.6. The topological polar surface area (TPSA) is 55.8 Å². The van der Waals surface area contributed by atoms with Crippen LogP contribution in [-0.4, -0.2) is 42.8 Å². The number of hydrogen-bond donors (Lipinski definition) is 0. The van der Waals surface area contributed by atoms with E-state index in [0.29, 0.717) is 13.0 Å². The Bertz CT molecular complexity index is 681. The average Bonchev–Trinajstić information content (AvgIpc) is 2.99. The van der Waals surface area contributed by atoms with Gasteiger partial charge in [-0.05, 0) is 25.3 Å². The number of rotatable bonds is 10. The Hall–Kier alpha value is -2.14. The van der Waals surface area contributed by atoms with Crippen LogP contribution < -0.4 is 0 Å². The highest BCUT2D eigenvalue weighted by Gasteiger charge is 2.37. The van der Waals surface area contributed by atoms with Gasteiger partial charge in [0.25, 0.3) is 0 Å². The molecule has 1 saturated heterocycles. The van der Waals surface area contributed by atoms with Crippen molar-refractivity contribution in [2.24, 2.45) is 5.41 Å². The summed E-state index contributed by atoms with van der Waals surface area (Å²) in [6.45, 7) is 9.87. The molecule has 5 heteroatoms. The van der Waals surface area contributed by atoms with Gasteiger partial charge in [-0.1, -0.05) is 69.2 Å². The van der Waals surface area contributed by atoms with E-state index >= 15 is 0 Å². The maximum absolute atomic E-state index is 12.8. The molecule has 0 unspecified atom stereocenters. The average molecular weight is 388 g/mol. The summed E-state index contributed by atoms with van der Waals surface area (Å²) in [6, 6.07) is 9.60. The van der Waals surface area contributed by atoms with Crippen molar-refractivity contribution in [1.29, 1.82) is 0 Å². The Morgan fingerprint density at radius 2 is 2.04 bits per heavy atom. The monoisotopic (exact) mass is 387 g/mol. The lowest BCUT2D eigenvalue weighted by Gasteiger charge is -2.23. The molecular weight excluding hydrogens is 354 g/mol. The van der Waals surface area contributed by atoms with Gasteiger partial charge in [-0.3, -0.25) is 4.79 Å². The van der Waals surface area contributed by atoms with E-state index < -0.39 is 6.09 Å². The van der Waals surface area contributed by atoms with E-state index in [0.717, 1.165) is 30.6 Å². The van der Waals surface area contributed by atoms with Crippen molar-refractivity contribution in [3.8, 4) is 0 Å². The predicted octanol–water partition coefficient (Wildman–Crippen LogP) is 4.76. The summed E-state index contributed by atoms with van der Waals surface area (Å²) in [5.41, 5.74) is 1.86. The van der Waals surface area contributed by atoms with Crippen LogP contribution in [0.1, 0.15) is 52.5 Å². The highest BCUT2D eigenvalue weighted by molar-refractivity contribution is 5.94. The molecule has 0 spiro atoms. The van der Waals surface area contributed by atoms with Crippen LogP contribution in [0.5, 0.6) is 0 Å². The Balaban J connectivity index is 1.96. The summed E-state index contributed by atoms with van der Waals surface area (Å²) in [5.74, 6) is -0.208. The second-order valence-corrected chi connectivity index (χ2v) is 8.25. The van der Waals surface area contributed by atoms with E-state index in [-0.39, 0.29) is 30.4 Å². The fraction of sp³-hybridized carbons (Fsp3) is 0.565. The summed E-state index contributed by atoms with van der Waals surface area (Å²) in [7, 11) is 0. The van der Waals surface area contributed by atoms with Crippen LogP contribution in [0.4, 0.5) is 4.79 Å². The summed E-state index contributed by atoms with van der Waals surface area (Å²) in [4.78, 5) is 26.2. The minimum Gasteiger partial charge on any atom is -0.447 e. The minimum absolute atomic E-state index is 0.160. The second-order valence-electron chi connectivity index (χ2n) is 8.25. The molecule has 2 rings (SSSR count). The molecule has 1 atom stereocenters. The van der Waals surface area contributed by atoms with Gasteiger partial charge in [0.05, 0.1) is 12.6 Å². The first-order valence-electron chi connectivity index (χ1n) is 10.1. The first-order chi connectivity index (χ1) is 13.3. The molecule has 0 aliphatic carbocycles. The van der Waals surface area contributed by atoms with Crippen molar-refractivity contribution in [2.45, 2.75) is 59.4 Å². The van der Waals surface area contributed by atoms with E-state index in [9.17, 15) is 9.59 Å². The molecule has 2 amide bonds. The number of carbonyl (C=O) groups excluding carboxylic acids is 2. The van der Waals surface area contributed by atoms with Gasteiger partial charge >= 0.3 is 6.09 Å². The third-order valence-electron chi connectivity index (χ3n) is 4.73. The van der Waals surface area contributed by atoms with Crippen molar-refractivity contribution in [1.82, 2.24) is 4.90 Å². The van der Waals surface area contributed by atoms with E-state index in [1.165, 1.54) is 4.90 Å². The first kappa shape index (κ1) is 22.2. The molecule has 5 nitrogen and oxygen atoms in total. The SMILES string of the molecule is CCCCOCC(C)(C)/C=C(\C)CC(=O)N1C(=O)OC[C@H]1Cc1ccccc1. The molecule has 154 valence electrons. The number of benzene rings is 1. The summed E-state index contributed by atoms with van der Waals surface area (Å²) >= 11 is 0. The van der Waals surface area contributed by atoms with Crippen LogP contribution >= 0.6 is 0 Å². The minimum atomic E-state index is -0.541. The molecule has 1 aliphatic rings. The van der Waals surface area contributed by atoms with Gasteiger partial charge in [0, 0.05) is 18.4 Å². The molecule has 1 fully saturated rings. The van der Waals surface area contributed by atoms with Crippen molar-refractivity contribution in [2.75, 3.05) is 19.8 Å². The molecular formula is C23H33NO4. The smallest absolute Gasteiger partial charge is 0.416 e. The number of ether oxygens (including phenoxy) is 2. The third kappa shape index (κ3) is 6.79. The third-order valence-corrected chi connectivity index (χ3v) is 4.73. The van der Waals surface area contributed by atoms with Crippen LogP contribution in [0.3, 0.4) is 0 Å².